The molecule has 4 rings (SSSR count). The van der Waals surface area contributed by atoms with E-state index in [1.54, 1.807) is 0 Å². The maximum Gasteiger partial charge on any atom is 0.231 e. The van der Waals surface area contributed by atoms with E-state index in [4.69, 9.17) is 21.1 Å². The van der Waals surface area contributed by atoms with E-state index in [0.717, 1.165) is 48.6 Å². The first-order chi connectivity index (χ1) is 10.3. The zero-order valence-corrected chi connectivity index (χ0v) is 12.9. The van der Waals surface area contributed by atoms with Crippen LogP contribution in [0, 0.1) is 5.92 Å². The first-order valence-electron chi connectivity index (χ1n) is 7.87. The van der Waals surface area contributed by atoms with E-state index in [2.05, 4.69) is 16.3 Å². The maximum atomic E-state index is 6.57. The molecular weight excluding hydrogens is 288 g/mol. The molecule has 1 aromatic rings. The number of halogens is 1. The Morgan fingerprint density at radius 2 is 1.86 bits per heavy atom. The Hall–Kier alpha value is -0.970. The van der Waals surface area contributed by atoms with E-state index in [1.807, 2.05) is 6.07 Å². The molecule has 1 aliphatic carbocycles. The molecule has 5 heteroatoms. The number of fused-ring (bicyclic) bond motifs is 1. The summed E-state index contributed by atoms with van der Waals surface area (Å²) in [5.41, 5.74) is 1.22. The van der Waals surface area contributed by atoms with Crippen molar-refractivity contribution in [1.29, 1.82) is 0 Å². The second-order valence-corrected chi connectivity index (χ2v) is 6.56. The Labute approximate surface area is 130 Å². The van der Waals surface area contributed by atoms with Gasteiger partial charge in [0, 0.05) is 43.3 Å². The molecule has 0 aromatic heterocycles. The Bertz CT molecular complexity index is 527. The van der Waals surface area contributed by atoms with Crippen molar-refractivity contribution in [2.75, 3.05) is 33.0 Å². The topological polar surface area (TPSA) is 33.7 Å². The molecule has 0 spiro atoms. The average Bonchev–Trinajstić information content (AvgIpc) is 2.90. The number of rotatable bonds is 3. The minimum Gasteiger partial charge on any atom is -0.454 e. The predicted molar refractivity (Wildman–Crippen MR) is 82.1 cm³/mol. The van der Waals surface area contributed by atoms with Gasteiger partial charge in [-0.1, -0.05) is 18.0 Å². The highest BCUT2D eigenvalue weighted by molar-refractivity contribution is 6.31. The second-order valence-electron chi connectivity index (χ2n) is 6.15. The van der Waals surface area contributed by atoms with Crippen LogP contribution in [0.1, 0.15) is 30.9 Å². The largest absolute Gasteiger partial charge is 0.454 e. The summed E-state index contributed by atoms with van der Waals surface area (Å²) in [7, 11) is 0. The van der Waals surface area contributed by atoms with Crippen LogP contribution in [0.5, 0.6) is 11.5 Å². The summed E-state index contributed by atoms with van der Waals surface area (Å²) >= 11 is 6.57. The summed E-state index contributed by atoms with van der Waals surface area (Å²) in [5.74, 6) is 2.34. The monoisotopic (exact) mass is 308 g/mol. The Balaban J connectivity index is 1.69. The van der Waals surface area contributed by atoms with Gasteiger partial charge in [0.05, 0.1) is 0 Å². The third-order valence-electron chi connectivity index (χ3n) is 4.95. The van der Waals surface area contributed by atoms with Gasteiger partial charge in [0.2, 0.25) is 6.79 Å². The van der Waals surface area contributed by atoms with E-state index in [-0.39, 0.29) is 0 Å². The van der Waals surface area contributed by atoms with Crippen molar-refractivity contribution in [3.63, 3.8) is 0 Å². The van der Waals surface area contributed by atoms with Crippen LogP contribution in [0.4, 0.5) is 0 Å². The van der Waals surface area contributed by atoms with Crippen molar-refractivity contribution in [3.05, 3.63) is 22.7 Å². The van der Waals surface area contributed by atoms with Crippen LogP contribution in [0.15, 0.2) is 12.1 Å². The molecule has 1 atom stereocenters. The van der Waals surface area contributed by atoms with Crippen LogP contribution < -0.4 is 14.8 Å². The number of hydrogen-bond donors (Lipinski definition) is 1. The molecule has 4 nitrogen and oxygen atoms in total. The highest BCUT2D eigenvalue weighted by Gasteiger charge is 2.35. The quantitative estimate of drug-likeness (QED) is 0.931. The van der Waals surface area contributed by atoms with Gasteiger partial charge in [-0.2, -0.15) is 0 Å². The van der Waals surface area contributed by atoms with E-state index in [1.165, 1.54) is 24.8 Å². The lowest BCUT2D eigenvalue weighted by Gasteiger charge is -2.43. The van der Waals surface area contributed by atoms with Gasteiger partial charge in [-0.15, -0.1) is 0 Å². The zero-order valence-electron chi connectivity index (χ0n) is 12.1. The summed E-state index contributed by atoms with van der Waals surface area (Å²) in [6, 6.07) is 4.45. The maximum absolute atomic E-state index is 6.57. The molecular formula is C16H21ClN2O2. The van der Waals surface area contributed by atoms with Gasteiger partial charge in [0.1, 0.15) is 0 Å². The van der Waals surface area contributed by atoms with Gasteiger partial charge in [-0.25, -0.2) is 0 Å². The molecule has 1 saturated heterocycles. The van der Waals surface area contributed by atoms with Gasteiger partial charge in [-0.05, 0) is 30.4 Å². The summed E-state index contributed by atoms with van der Waals surface area (Å²) in [4.78, 5) is 2.59. The van der Waals surface area contributed by atoms with Crippen LogP contribution in [-0.2, 0) is 0 Å². The number of nitrogens with zero attached hydrogens (tertiary/aromatic N) is 1. The van der Waals surface area contributed by atoms with Crippen LogP contribution in [0.3, 0.4) is 0 Å². The molecule has 0 amide bonds. The van der Waals surface area contributed by atoms with Crippen molar-refractivity contribution >= 4 is 11.6 Å². The minimum absolute atomic E-state index is 0.302. The highest BCUT2D eigenvalue weighted by Crippen LogP contribution is 2.47. The molecule has 1 N–H and O–H groups in total. The van der Waals surface area contributed by atoms with Gasteiger partial charge in [-0.3, -0.25) is 4.90 Å². The van der Waals surface area contributed by atoms with E-state index in [9.17, 15) is 0 Å². The fourth-order valence-corrected chi connectivity index (χ4v) is 3.89. The summed E-state index contributed by atoms with van der Waals surface area (Å²) in [6.07, 6.45) is 3.95. The molecule has 2 aliphatic heterocycles. The third-order valence-corrected chi connectivity index (χ3v) is 5.28. The van der Waals surface area contributed by atoms with Crippen LogP contribution in [0.2, 0.25) is 5.02 Å². The third kappa shape index (κ3) is 2.50. The summed E-state index contributed by atoms with van der Waals surface area (Å²) < 4.78 is 11.0. The van der Waals surface area contributed by atoms with Gasteiger partial charge < -0.3 is 14.8 Å². The minimum atomic E-state index is 0.302. The number of benzene rings is 1. The summed E-state index contributed by atoms with van der Waals surface area (Å²) in [6.45, 7) is 4.60. The lowest BCUT2D eigenvalue weighted by Crippen LogP contribution is -2.47. The Morgan fingerprint density at radius 3 is 2.52 bits per heavy atom. The van der Waals surface area contributed by atoms with E-state index >= 15 is 0 Å². The standard InChI is InChI=1S/C16H21ClN2O2/c17-13-9-15-14(20-10-21-15)8-12(13)16(11-2-1-3-11)19-6-4-18-5-7-19/h8-9,11,16,18H,1-7,10H2/t16-/m0/s1. The molecule has 1 saturated carbocycles. The molecule has 0 unspecified atom stereocenters. The number of hydrogen-bond acceptors (Lipinski definition) is 4. The van der Waals surface area contributed by atoms with Crippen molar-refractivity contribution in [3.8, 4) is 11.5 Å². The molecule has 3 aliphatic rings. The van der Waals surface area contributed by atoms with Crippen LogP contribution in [0.25, 0.3) is 0 Å². The zero-order chi connectivity index (χ0) is 14.2. The van der Waals surface area contributed by atoms with Crippen LogP contribution in [-0.4, -0.2) is 37.9 Å². The Kier molecular flexibility index (Phi) is 3.69. The van der Waals surface area contributed by atoms with Gasteiger partial charge in [0.25, 0.3) is 0 Å². The molecule has 1 aromatic carbocycles. The average molecular weight is 309 g/mol. The van der Waals surface area contributed by atoms with Gasteiger partial charge in [0.15, 0.2) is 11.5 Å². The van der Waals surface area contributed by atoms with Gasteiger partial charge >= 0.3 is 0 Å². The molecule has 114 valence electrons. The Morgan fingerprint density at radius 1 is 1.14 bits per heavy atom. The molecule has 2 fully saturated rings. The predicted octanol–water partition coefficient (Wildman–Crippen LogP) is 2.82. The fraction of sp³-hybridized carbons (Fsp3) is 0.625. The van der Waals surface area contributed by atoms with Crippen molar-refractivity contribution in [2.45, 2.75) is 25.3 Å². The fourth-order valence-electron chi connectivity index (χ4n) is 3.62. The van der Waals surface area contributed by atoms with Crippen molar-refractivity contribution in [2.24, 2.45) is 5.92 Å². The number of ether oxygens (including phenoxy) is 2. The molecule has 21 heavy (non-hydrogen) atoms. The normalized spacial score (nSPS) is 23.9. The lowest BCUT2D eigenvalue weighted by atomic mass is 9.76. The number of nitrogens with one attached hydrogen (secondary N) is 1. The first-order valence-corrected chi connectivity index (χ1v) is 8.24. The van der Waals surface area contributed by atoms with Crippen LogP contribution >= 0.6 is 11.6 Å². The molecule has 0 radical (unpaired) electrons. The highest BCUT2D eigenvalue weighted by atomic mass is 35.5. The molecule has 0 bridgehead atoms. The summed E-state index contributed by atoms with van der Waals surface area (Å²) in [5, 5.41) is 4.25. The molecule has 2 heterocycles. The lowest BCUT2D eigenvalue weighted by molar-refractivity contribution is 0.0836. The van der Waals surface area contributed by atoms with Crippen molar-refractivity contribution < 1.29 is 9.47 Å². The van der Waals surface area contributed by atoms with Crippen molar-refractivity contribution in [1.82, 2.24) is 10.2 Å². The number of piperazine rings is 1. The second kappa shape index (κ2) is 5.67. The smallest absolute Gasteiger partial charge is 0.231 e. The van der Waals surface area contributed by atoms with E-state index < -0.39 is 0 Å². The SMILES string of the molecule is Clc1cc2c(cc1[C@H](C1CCC1)N1CCNCC1)OCO2. The first kappa shape index (κ1) is 13.7. The van der Waals surface area contributed by atoms with E-state index in [0.29, 0.717) is 12.8 Å².